The number of benzene rings is 1. The van der Waals surface area contributed by atoms with Crippen molar-refractivity contribution in [1.29, 1.82) is 0 Å². The van der Waals surface area contributed by atoms with Crippen LogP contribution in [0.15, 0.2) is 36.4 Å². The first kappa shape index (κ1) is 19.6. The van der Waals surface area contributed by atoms with Gasteiger partial charge < -0.3 is 0 Å². The Hall–Kier alpha value is -1.69. The van der Waals surface area contributed by atoms with E-state index >= 15 is 0 Å². The van der Waals surface area contributed by atoms with E-state index < -0.39 is 11.7 Å². The van der Waals surface area contributed by atoms with Crippen molar-refractivity contribution in [2.45, 2.75) is 64.5 Å². The van der Waals surface area contributed by atoms with Gasteiger partial charge in [-0.1, -0.05) is 50.5 Å². The number of alkyl halides is 3. The lowest BCUT2D eigenvalue weighted by Crippen LogP contribution is -2.12. The number of hydrogen-bond donors (Lipinski definition) is 0. The monoisotopic (exact) mass is 348 g/mol. The summed E-state index contributed by atoms with van der Waals surface area (Å²) in [5, 5.41) is 0. The minimum Gasteiger partial charge on any atom is -0.166 e. The summed E-state index contributed by atoms with van der Waals surface area (Å²) in [4.78, 5) is 0. The fourth-order valence-electron chi connectivity index (χ4n) is 3.40. The van der Waals surface area contributed by atoms with Gasteiger partial charge >= 0.3 is 6.18 Å². The molecule has 1 fully saturated rings. The third-order valence-electron chi connectivity index (χ3n) is 4.99. The maximum Gasteiger partial charge on any atom is 0.416 e. The van der Waals surface area contributed by atoms with Gasteiger partial charge in [0.1, 0.15) is 0 Å². The van der Waals surface area contributed by atoms with Gasteiger partial charge in [0.15, 0.2) is 0 Å². The van der Waals surface area contributed by atoms with E-state index in [0.29, 0.717) is 11.5 Å². The second-order valence-electron chi connectivity index (χ2n) is 6.98. The Bertz CT molecular complexity index is 591. The third-order valence-corrected chi connectivity index (χ3v) is 4.99. The molecule has 0 nitrogen and oxygen atoms in total. The molecule has 0 aromatic heterocycles. The largest absolute Gasteiger partial charge is 0.416 e. The standard InChI is InChI=1S/C22H27F3/c1-2-3-4-7-18-10-12-19(13-11-18)8-5-6-9-20-14-16-21(17-15-20)22(23,24)25/h5,8,14-19H,2-4,7,10-13H2,1H3/b8-5+/t18-,19-. The van der Waals surface area contributed by atoms with Crippen LogP contribution in [0.4, 0.5) is 13.2 Å². The topological polar surface area (TPSA) is 0 Å². The van der Waals surface area contributed by atoms with E-state index in [2.05, 4.69) is 24.8 Å². The van der Waals surface area contributed by atoms with Crippen LogP contribution in [0.3, 0.4) is 0 Å². The first-order chi connectivity index (χ1) is 12.0. The van der Waals surface area contributed by atoms with E-state index in [-0.39, 0.29) is 0 Å². The van der Waals surface area contributed by atoms with Gasteiger partial charge in [-0.3, -0.25) is 0 Å². The molecule has 25 heavy (non-hydrogen) atoms. The van der Waals surface area contributed by atoms with Crippen molar-refractivity contribution in [3.8, 4) is 11.8 Å². The van der Waals surface area contributed by atoms with E-state index in [9.17, 15) is 13.2 Å². The molecule has 0 N–H and O–H groups in total. The average molecular weight is 348 g/mol. The summed E-state index contributed by atoms with van der Waals surface area (Å²) in [5.41, 5.74) is -0.0263. The van der Waals surface area contributed by atoms with E-state index in [1.807, 2.05) is 6.08 Å². The summed E-state index contributed by atoms with van der Waals surface area (Å²) in [6.45, 7) is 2.24. The molecule has 0 atom stereocenters. The van der Waals surface area contributed by atoms with Gasteiger partial charge in [-0.25, -0.2) is 0 Å². The number of rotatable bonds is 5. The molecule has 1 saturated carbocycles. The quantitative estimate of drug-likeness (QED) is 0.397. The molecule has 0 radical (unpaired) electrons. The molecule has 0 bridgehead atoms. The van der Waals surface area contributed by atoms with Crippen LogP contribution in [0.1, 0.15) is 69.4 Å². The summed E-state index contributed by atoms with van der Waals surface area (Å²) in [5.74, 6) is 7.35. The Labute approximate surface area is 149 Å². The van der Waals surface area contributed by atoms with Crippen molar-refractivity contribution in [3.63, 3.8) is 0 Å². The average Bonchev–Trinajstić information content (AvgIpc) is 2.60. The van der Waals surface area contributed by atoms with Gasteiger partial charge in [0.25, 0.3) is 0 Å². The van der Waals surface area contributed by atoms with Crippen LogP contribution in [0.5, 0.6) is 0 Å². The van der Waals surface area contributed by atoms with Crippen LogP contribution in [-0.4, -0.2) is 0 Å². The molecule has 0 amide bonds. The van der Waals surface area contributed by atoms with Gasteiger partial charge in [0, 0.05) is 5.56 Å². The van der Waals surface area contributed by atoms with Crippen LogP contribution in [-0.2, 0) is 6.18 Å². The number of unbranched alkanes of at least 4 members (excludes halogenated alkanes) is 2. The summed E-state index contributed by atoms with van der Waals surface area (Å²) in [7, 11) is 0. The molecule has 2 rings (SSSR count). The molecule has 3 heteroatoms. The first-order valence-corrected chi connectivity index (χ1v) is 9.34. The Balaban J connectivity index is 1.76. The second-order valence-corrected chi connectivity index (χ2v) is 6.98. The zero-order chi connectivity index (χ0) is 18.1. The zero-order valence-corrected chi connectivity index (χ0v) is 14.9. The normalized spacial score (nSPS) is 21.1. The van der Waals surface area contributed by atoms with Crippen LogP contribution >= 0.6 is 0 Å². The lowest BCUT2D eigenvalue weighted by Gasteiger charge is -2.26. The van der Waals surface area contributed by atoms with Crippen molar-refractivity contribution in [3.05, 3.63) is 47.5 Å². The maximum atomic E-state index is 12.5. The third kappa shape index (κ3) is 6.98. The molecular formula is C22H27F3. The molecule has 0 heterocycles. The maximum absolute atomic E-state index is 12.5. The van der Waals surface area contributed by atoms with Gasteiger partial charge in [-0.05, 0) is 67.9 Å². The van der Waals surface area contributed by atoms with Crippen LogP contribution in [0, 0.1) is 23.7 Å². The summed E-state index contributed by atoms with van der Waals surface area (Å²) in [6.07, 6.45) is 10.2. The minimum absolute atomic E-state index is 0.601. The molecule has 1 aromatic carbocycles. The fourth-order valence-corrected chi connectivity index (χ4v) is 3.40. The van der Waals surface area contributed by atoms with Crippen LogP contribution in [0.2, 0.25) is 0 Å². The number of halogens is 3. The van der Waals surface area contributed by atoms with Crippen molar-refractivity contribution in [2.75, 3.05) is 0 Å². The molecular weight excluding hydrogens is 321 g/mol. The highest BCUT2D eigenvalue weighted by molar-refractivity contribution is 5.39. The zero-order valence-electron chi connectivity index (χ0n) is 14.9. The lowest BCUT2D eigenvalue weighted by atomic mass is 9.79. The molecule has 136 valence electrons. The van der Waals surface area contributed by atoms with E-state index in [4.69, 9.17) is 0 Å². The second kappa shape index (κ2) is 9.70. The van der Waals surface area contributed by atoms with Crippen molar-refractivity contribution in [1.82, 2.24) is 0 Å². The molecule has 0 aliphatic heterocycles. The molecule has 0 saturated heterocycles. The Kier molecular flexibility index (Phi) is 7.62. The predicted octanol–water partition coefficient (Wildman–Crippen LogP) is 7.00. The van der Waals surface area contributed by atoms with Crippen molar-refractivity contribution < 1.29 is 13.2 Å². The summed E-state index contributed by atoms with van der Waals surface area (Å²) in [6, 6.07) is 5.00. The van der Waals surface area contributed by atoms with Gasteiger partial charge in [-0.2, -0.15) is 13.2 Å². The SMILES string of the molecule is CCCCC[C@H]1CC[C@H](/C=C/C#Cc2ccc(C(F)(F)F)cc2)CC1. The minimum atomic E-state index is -4.29. The highest BCUT2D eigenvalue weighted by atomic mass is 19.4. The predicted molar refractivity (Wildman–Crippen MR) is 97.1 cm³/mol. The Morgan fingerprint density at radius 1 is 1.04 bits per heavy atom. The summed E-state index contributed by atoms with van der Waals surface area (Å²) < 4.78 is 37.5. The molecule has 1 aromatic rings. The van der Waals surface area contributed by atoms with Crippen molar-refractivity contribution >= 4 is 0 Å². The number of hydrogen-bond acceptors (Lipinski definition) is 0. The van der Waals surface area contributed by atoms with Gasteiger partial charge in [0.05, 0.1) is 5.56 Å². The fraction of sp³-hybridized carbons (Fsp3) is 0.545. The Morgan fingerprint density at radius 2 is 1.72 bits per heavy atom. The Morgan fingerprint density at radius 3 is 2.32 bits per heavy atom. The highest BCUT2D eigenvalue weighted by Crippen LogP contribution is 2.32. The first-order valence-electron chi connectivity index (χ1n) is 9.34. The van der Waals surface area contributed by atoms with Crippen molar-refractivity contribution in [2.24, 2.45) is 11.8 Å². The smallest absolute Gasteiger partial charge is 0.166 e. The molecule has 1 aliphatic carbocycles. The molecule has 1 aliphatic rings. The summed E-state index contributed by atoms with van der Waals surface area (Å²) >= 11 is 0. The molecule has 0 unspecified atom stereocenters. The van der Waals surface area contributed by atoms with Crippen LogP contribution < -0.4 is 0 Å². The van der Waals surface area contributed by atoms with Crippen LogP contribution in [0.25, 0.3) is 0 Å². The number of allylic oxidation sites excluding steroid dienone is 2. The highest BCUT2D eigenvalue weighted by Gasteiger charge is 2.29. The lowest BCUT2D eigenvalue weighted by molar-refractivity contribution is -0.137. The van der Waals surface area contributed by atoms with E-state index in [1.165, 1.54) is 63.5 Å². The van der Waals surface area contributed by atoms with E-state index in [1.54, 1.807) is 0 Å². The van der Waals surface area contributed by atoms with Gasteiger partial charge in [-0.15, -0.1) is 0 Å². The van der Waals surface area contributed by atoms with E-state index in [0.717, 1.165) is 18.1 Å². The van der Waals surface area contributed by atoms with Gasteiger partial charge in [0.2, 0.25) is 0 Å². The molecule has 0 spiro atoms.